The normalized spacial score (nSPS) is 19.7. The van der Waals surface area contributed by atoms with Crippen molar-refractivity contribution in [3.8, 4) is 0 Å². The third kappa shape index (κ3) is 3.05. The van der Waals surface area contributed by atoms with Crippen molar-refractivity contribution in [1.82, 2.24) is 5.32 Å². The number of carbonyl (C=O) groups is 2. The van der Waals surface area contributed by atoms with Gasteiger partial charge in [-0.2, -0.15) is 0 Å². The molecule has 0 bridgehead atoms. The molecule has 0 saturated heterocycles. The third-order valence-electron chi connectivity index (χ3n) is 4.73. The predicted molar refractivity (Wildman–Crippen MR) is 89.6 cm³/mol. The summed E-state index contributed by atoms with van der Waals surface area (Å²) in [6.45, 7) is 1.97. The molecular formula is C17H21BrN2O2. The van der Waals surface area contributed by atoms with Crippen LogP contribution in [0, 0.1) is 12.3 Å². The minimum atomic E-state index is -0.844. The Labute approximate surface area is 139 Å². The summed E-state index contributed by atoms with van der Waals surface area (Å²) in [6, 6.07) is 5.92. The Morgan fingerprint density at radius 1 is 1.18 bits per heavy atom. The van der Waals surface area contributed by atoms with Gasteiger partial charge in [0.2, 0.25) is 11.8 Å². The molecule has 22 heavy (non-hydrogen) atoms. The number of rotatable bonds is 4. The van der Waals surface area contributed by atoms with Gasteiger partial charge in [-0.25, -0.2) is 0 Å². The summed E-state index contributed by atoms with van der Waals surface area (Å²) in [7, 11) is 0. The fourth-order valence-electron chi connectivity index (χ4n) is 3.05. The SMILES string of the molecule is Cc1cc(NC(=O)C2(C(=O)NC3CCCC3)CC2)ccc1Br. The van der Waals surface area contributed by atoms with E-state index in [1.54, 1.807) is 0 Å². The van der Waals surface area contributed by atoms with Crippen LogP contribution in [-0.4, -0.2) is 17.9 Å². The average molecular weight is 365 g/mol. The molecule has 2 aliphatic carbocycles. The second kappa shape index (κ2) is 6.03. The van der Waals surface area contributed by atoms with E-state index in [9.17, 15) is 9.59 Å². The van der Waals surface area contributed by atoms with Gasteiger partial charge >= 0.3 is 0 Å². The van der Waals surface area contributed by atoms with Gasteiger partial charge in [0.25, 0.3) is 0 Å². The van der Waals surface area contributed by atoms with Crippen molar-refractivity contribution in [2.75, 3.05) is 5.32 Å². The maximum Gasteiger partial charge on any atom is 0.240 e. The van der Waals surface area contributed by atoms with Crippen molar-refractivity contribution < 1.29 is 9.59 Å². The number of anilines is 1. The summed E-state index contributed by atoms with van der Waals surface area (Å²) in [5.74, 6) is -0.268. The molecule has 0 spiro atoms. The van der Waals surface area contributed by atoms with E-state index in [0.29, 0.717) is 12.8 Å². The van der Waals surface area contributed by atoms with E-state index in [1.807, 2.05) is 25.1 Å². The zero-order valence-electron chi connectivity index (χ0n) is 12.7. The highest BCUT2D eigenvalue weighted by Gasteiger charge is 2.56. The molecule has 2 aliphatic rings. The minimum absolute atomic E-state index is 0.0919. The van der Waals surface area contributed by atoms with Crippen LogP contribution in [0.5, 0.6) is 0 Å². The first-order valence-electron chi connectivity index (χ1n) is 7.90. The van der Waals surface area contributed by atoms with Crippen LogP contribution < -0.4 is 10.6 Å². The molecule has 2 N–H and O–H groups in total. The summed E-state index contributed by atoms with van der Waals surface area (Å²) in [6.07, 6.45) is 5.70. The second-order valence-electron chi connectivity index (χ2n) is 6.46. The Kier molecular flexibility index (Phi) is 4.26. The summed E-state index contributed by atoms with van der Waals surface area (Å²) >= 11 is 3.44. The number of amides is 2. The molecule has 2 saturated carbocycles. The number of nitrogens with one attached hydrogen (secondary N) is 2. The molecule has 4 nitrogen and oxygen atoms in total. The van der Waals surface area contributed by atoms with E-state index < -0.39 is 5.41 Å². The standard InChI is InChI=1S/C17H21BrN2O2/c1-11-10-13(6-7-14(11)18)20-16(22)17(8-9-17)15(21)19-12-4-2-3-5-12/h6-7,10,12H,2-5,8-9H2,1H3,(H,19,21)(H,20,22). The van der Waals surface area contributed by atoms with Crippen molar-refractivity contribution >= 4 is 33.4 Å². The van der Waals surface area contributed by atoms with Gasteiger partial charge in [0, 0.05) is 16.2 Å². The van der Waals surface area contributed by atoms with Gasteiger partial charge in [0.05, 0.1) is 0 Å². The number of hydrogen-bond donors (Lipinski definition) is 2. The molecule has 1 aromatic carbocycles. The Balaban J connectivity index is 1.65. The van der Waals surface area contributed by atoms with Crippen LogP contribution in [0.3, 0.4) is 0 Å². The van der Waals surface area contributed by atoms with Gasteiger partial charge in [-0.05, 0) is 56.4 Å². The van der Waals surface area contributed by atoms with Gasteiger partial charge in [-0.15, -0.1) is 0 Å². The lowest BCUT2D eigenvalue weighted by Crippen LogP contribution is -2.43. The smallest absolute Gasteiger partial charge is 0.240 e. The van der Waals surface area contributed by atoms with Gasteiger partial charge in [-0.3, -0.25) is 9.59 Å². The van der Waals surface area contributed by atoms with Crippen molar-refractivity contribution in [3.63, 3.8) is 0 Å². The van der Waals surface area contributed by atoms with Crippen LogP contribution in [0.2, 0.25) is 0 Å². The van der Waals surface area contributed by atoms with Crippen LogP contribution in [0.25, 0.3) is 0 Å². The topological polar surface area (TPSA) is 58.2 Å². The summed E-state index contributed by atoms with van der Waals surface area (Å²) in [5, 5.41) is 5.96. The van der Waals surface area contributed by atoms with Crippen molar-refractivity contribution in [2.45, 2.75) is 51.5 Å². The van der Waals surface area contributed by atoms with E-state index in [0.717, 1.165) is 28.6 Å². The van der Waals surface area contributed by atoms with E-state index >= 15 is 0 Å². The molecule has 0 unspecified atom stereocenters. The van der Waals surface area contributed by atoms with E-state index in [1.165, 1.54) is 12.8 Å². The maximum absolute atomic E-state index is 12.5. The fraction of sp³-hybridized carbons (Fsp3) is 0.529. The van der Waals surface area contributed by atoms with Gasteiger partial charge in [-0.1, -0.05) is 28.8 Å². The lowest BCUT2D eigenvalue weighted by Gasteiger charge is -2.19. The molecule has 2 amide bonds. The Hall–Kier alpha value is -1.36. The largest absolute Gasteiger partial charge is 0.352 e. The molecule has 5 heteroatoms. The number of aryl methyl sites for hydroxylation is 1. The summed E-state index contributed by atoms with van der Waals surface area (Å²) in [5.41, 5.74) is 0.951. The van der Waals surface area contributed by atoms with Crippen LogP contribution in [0.1, 0.15) is 44.1 Å². The lowest BCUT2D eigenvalue weighted by molar-refractivity contribution is -0.134. The highest BCUT2D eigenvalue weighted by atomic mass is 79.9. The molecule has 0 heterocycles. The first-order valence-corrected chi connectivity index (χ1v) is 8.69. The van der Waals surface area contributed by atoms with E-state index in [2.05, 4.69) is 26.6 Å². The molecule has 2 fully saturated rings. The number of hydrogen-bond acceptors (Lipinski definition) is 2. The number of halogens is 1. The molecule has 1 aromatic rings. The van der Waals surface area contributed by atoms with Crippen molar-refractivity contribution in [2.24, 2.45) is 5.41 Å². The molecule has 0 aromatic heterocycles. The van der Waals surface area contributed by atoms with Crippen molar-refractivity contribution in [1.29, 1.82) is 0 Å². The highest BCUT2D eigenvalue weighted by molar-refractivity contribution is 9.10. The van der Waals surface area contributed by atoms with Crippen LogP contribution in [-0.2, 0) is 9.59 Å². The van der Waals surface area contributed by atoms with E-state index in [-0.39, 0.29) is 17.9 Å². The maximum atomic E-state index is 12.5. The van der Waals surface area contributed by atoms with Crippen LogP contribution in [0.15, 0.2) is 22.7 Å². The van der Waals surface area contributed by atoms with Gasteiger partial charge < -0.3 is 10.6 Å². The van der Waals surface area contributed by atoms with Gasteiger partial charge in [0.15, 0.2) is 0 Å². The van der Waals surface area contributed by atoms with Crippen LogP contribution in [0.4, 0.5) is 5.69 Å². The molecule has 0 atom stereocenters. The third-order valence-corrected chi connectivity index (χ3v) is 5.62. The summed E-state index contributed by atoms with van der Waals surface area (Å²) in [4.78, 5) is 25.0. The zero-order valence-corrected chi connectivity index (χ0v) is 14.3. The Bertz CT molecular complexity index is 605. The summed E-state index contributed by atoms with van der Waals surface area (Å²) < 4.78 is 1.01. The molecule has 0 radical (unpaired) electrons. The Morgan fingerprint density at radius 2 is 1.86 bits per heavy atom. The number of benzene rings is 1. The molecular weight excluding hydrogens is 344 g/mol. The predicted octanol–water partition coefficient (Wildman–Crippen LogP) is 3.54. The second-order valence-corrected chi connectivity index (χ2v) is 7.31. The lowest BCUT2D eigenvalue weighted by atomic mass is 10.0. The van der Waals surface area contributed by atoms with Crippen molar-refractivity contribution in [3.05, 3.63) is 28.2 Å². The number of carbonyl (C=O) groups excluding carboxylic acids is 2. The van der Waals surface area contributed by atoms with Crippen LogP contribution >= 0.6 is 15.9 Å². The minimum Gasteiger partial charge on any atom is -0.352 e. The average Bonchev–Trinajstić information content (AvgIpc) is 3.16. The Morgan fingerprint density at radius 3 is 2.45 bits per heavy atom. The highest BCUT2D eigenvalue weighted by Crippen LogP contribution is 2.47. The first kappa shape index (κ1) is 15.5. The molecule has 118 valence electrons. The molecule has 3 rings (SSSR count). The monoisotopic (exact) mass is 364 g/mol. The van der Waals surface area contributed by atoms with E-state index in [4.69, 9.17) is 0 Å². The quantitative estimate of drug-likeness (QED) is 0.802. The fourth-order valence-corrected chi connectivity index (χ4v) is 3.30. The van der Waals surface area contributed by atoms with Gasteiger partial charge in [0.1, 0.15) is 5.41 Å². The molecule has 0 aliphatic heterocycles. The first-order chi connectivity index (χ1) is 10.5. The zero-order chi connectivity index (χ0) is 15.7.